The molecule has 4 aliphatic carbocycles. The highest BCUT2D eigenvalue weighted by Crippen LogP contribution is 2.59. The van der Waals surface area contributed by atoms with Crippen molar-refractivity contribution in [2.45, 2.75) is 38.5 Å². The normalized spacial score (nSPS) is 34.9. The van der Waals surface area contributed by atoms with E-state index in [4.69, 9.17) is 0 Å². The Bertz CT molecular complexity index is 722. The lowest BCUT2D eigenvalue weighted by Crippen LogP contribution is -2.49. The molecule has 0 spiro atoms. The predicted molar refractivity (Wildman–Crippen MR) is 96.3 cm³/mol. The number of rotatable bonds is 3. The van der Waals surface area contributed by atoms with Gasteiger partial charge in [-0.15, -0.1) is 0 Å². The van der Waals surface area contributed by atoms with E-state index in [1.165, 1.54) is 38.5 Å². The SMILES string of the molecule is Brc1ccc2c(NCC34CC5CC(CC(C5)C3)C4)ncnc2c1. The second-order valence-corrected chi connectivity index (χ2v) is 9.07. The Kier molecular flexibility index (Phi) is 3.19. The standard InChI is InChI=1S/C19H22BrN3/c20-15-1-2-16-17(6-15)22-11-23-18(16)21-10-19-7-12-3-13(8-19)5-14(4-12)9-19/h1-2,6,11-14H,3-5,7-10H2,(H,21,22,23). The molecule has 23 heavy (non-hydrogen) atoms. The molecule has 1 aromatic carbocycles. The van der Waals surface area contributed by atoms with Crippen molar-refractivity contribution >= 4 is 32.7 Å². The highest BCUT2D eigenvalue weighted by molar-refractivity contribution is 9.10. The van der Waals surface area contributed by atoms with Crippen LogP contribution >= 0.6 is 15.9 Å². The molecule has 0 radical (unpaired) electrons. The van der Waals surface area contributed by atoms with Crippen molar-refractivity contribution in [2.24, 2.45) is 23.2 Å². The van der Waals surface area contributed by atoms with Crippen molar-refractivity contribution in [3.63, 3.8) is 0 Å². The summed E-state index contributed by atoms with van der Waals surface area (Å²) in [4.78, 5) is 8.91. The molecule has 1 N–H and O–H groups in total. The van der Waals surface area contributed by atoms with Crippen LogP contribution in [0.15, 0.2) is 29.0 Å². The van der Waals surface area contributed by atoms with Gasteiger partial charge in [-0.3, -0.25) is 0 Å². The van der Waals surface area contributed by atoms with Gasteiger partial charge in [0.15, 0.2) is 0 Å². The molecule has 4 fully saturated rings. The maximum atomic E-state index is 4.52. The van der Waals surface area contributed by atoms with E-state index < -0.39 is 0 Å². The summed E-state index contributed by atoms with van der Waals surface area (Å²) < 4.78 is 1.07. The lowest BCUT2D eigenvalue weighted by molar-refractivity contribution is -0.0444. The fourth-order valence-electron chi connectivity index (χ4n) is 5.95. The number of fused-ring (bicyclic) bond motifs is 1. The highest BCUT2D eigenvalue weighted by atomic mass is 79.9. The third-order valence-electron chi connectivity index (χ3n) is 6.39. The molecule has 0 atom stereocenters. The molecule has 1 aromatic heterocycles. The summed E-state index contributed by atoms with van der Waals surface area (Å²) in [6.45, 7) is 1.08. The quantitative estimate of drug-likeness (QED) is 0.822. The molecule has 3 nitrogen and oxygen atoms in total. The molecule has 2 aromatic rings. The minimum atomic E-state index is 0.529. The maximum absolute atomic E-state index is 4.52. The molecular formula is C19H22BrN3. The smallest absolute Gasteiger partial charge is 0.137 e. The number of nitrogens with one attached hydrogen (secondary N) is 1. The average molecular weight is 372 g/mol. The van der Waals surface area contributed by atoms with Gasteiger partial charge in [0.05, 0.1) is 5.52 Å². The predicted octanol–water partition coefficient (Wildman–Crippen LogP) is 5.02. The molecule has 6 rings (SSSR count). The third kappa shape index (κ3) is 2.46. The number of hydrogen-bond acceptors (Lipinski definition) is 3. The zero-order valence-corrected chi connectivity index (χ0v) is 14.8. The van der Waals surface area contributed by atoms with Crippen LogP contribution in [-0.4, -0.2) is 16.5 Å². The zero-order chi connectivity index (χ0) is 15.4. The molecule has 0 amide bonds. The number of anilines is 1. The first kappa shape index (κ1) is 14.2. The molecule has 4 aliphatic rings. The maximum Gasteiger partial charge on any atom is 0.137 e. The van der Waals surface area contributed by atoms with E-state index >= 15 is 0 Å². The minimum Gasteiger partial charge on any atom is -0.369 e. The summed E-state index contributed by atoms with van der Waals surface area (Å²) in [6, 6.07) is 6.25. The van der Waals surface area contributed by atoms with Crippen LogP contribution in [0.25, 0.3) is 10.9 Å². The van der Waals surface area contributed by atoms with Gasteiger partial charge in [0.25, 0.3) is 0 Å². The monoisotopic (exact) mass is 371 g/mol. The van der Waals surface area contributed by atoms with E-state index in [1.807, 2.05) is 0 Å². The van der Waals surface area contributed by atoms with Crippen molar-refractivity contribution in [3.05, 3.63) is 29.0 Å². The number of benzene rings is 1. The molecule has 0 aliphatic heterocycles. The van der Waals surface area contributed by atoms with E-state index in [-0.39, 0.29) is 0 Å². The topological polar surface area (TPSA) is 37.8 Å². The van der Waals surface area contributed by atoms with Crippen LogP contribution in [0.3, 0.4) is 0 Å². The Morgan fingerprint density at radius 1 is 1.04 bits per heavy atom. The van der Waals surface area contributed by atoms with Crippen LogP contribution < -0.4 is 5.32 Å². The van der Waals surface area contributed by atoms with Gasteiger partial charge < -0.3 is 5.32 Å². The second-order valence-electron chi connectivity index (χ2n) is 8.15. The van der Waals surface area contributed by atoms with E-state index in [1.54, 1.807) is 6.33 Å². The molecule has 120 valence electrons. The zero-order valence-electron chi connectivity index (χ0n) is 13.3. The first-order valence-electron chi connectivity index (χ1n) is 8.83. The lowest BCUT2D eigenvalue weighted by Gasteiger charge is -2.57. The first-order chi connectivity index (χ1) is 11.2. The van der Waals surface area contributed by atoms with Gasteiger partial charge in [-0.1, -0.05) is 15.9 Å². The van der Waals surface area contributed by atoms with Gasteiger partial charge >= 0.3 is 0 Å². The van der Waals surface area contributed by atoms with Crippen molar-refractivity contribution in [1.82, 2.24) is 9.97 Å². The van der Waals surface area contributed by atoms with E-state index in [0.29, 0.717) is 5.41 Å². The number of hydrogen-bond donors (Lipinski definition) is 1. The Labute approximate surface area is 145 Å². The Hall–Kier alpha value is -1.16. The van der Waals surface area contributed by atoms with Gasteiger partial charge in [-0.2, -0.15) is 0 Å². The van der Waals surface area contributed by atoms with Crippen LogP contribution in [0.1, 0.15) is 38.5 Å². The third-order valence-corrected chi connectivity index (χ3v) is 6.89. The van der Waals surface area contributed by atoms with Crippen LogP contribution in [0.5, 0.6) is 0 Å². The van der Waals surface area contributed by atoms with E-state index in [2.05, 4.69) is 49.4 Å². The Balaban J connectivity index is 1.41. The second kappa shape index (κ2) is 5.17. The van der Waals surface area contributed by atoms with Crippen LogP contribution in [-0.2, 0) is 0 Å². The summed E-state index contributed by atoms with van der Waals surface area (Å²) in [5.41, 5.74) is 1.53. The average Bonchev–Trinajstić information content (AvgIpc) is 2.51. The summed E-state index contributed by atoms with van der Waals surface area (Å²) in [5.74, 6) is 4.00. The van der Waals surface area contributed by atoms with Crippen LogP contribution in [0.4, 0.5) is 5.82 Å². The van der Waals surface area contributed by atoms with Crippen molar-refractivity contribution in [3.8, 4) is 0 Å². The summed E-state index contributed by atoms with van der Waals surface area (Å²) in [5, 5.41) is 4.82. The largest absolute Gasteiger partial charge is 0.369 e. The Morgan fingerprint density at radius 2 is 1.74 bits per heavy atom. The fourth-order valence-corrected chi connectivity index (χ4v) is 6.30. The number of nitrogens with zero attached hydrogens (tertiary/aromatic N) is 2. The van der Waals surface area contributed by atoms with Gasteiger partial charge in [0.2, 0.25) is 0 Å². The summed E-state index contributed by atoms with van der Waals surface area (Å²) in [7, 11) is 0. The molecule has 4 saturated carbocycles. The summed E-state index contributed by atoms with van der Waals surface area (Å²) >= 11 is 3.52. The highest BCUT2D eigenvalue weighted by Gasteiger charge is 2.50. The van der Waals surface area contributed by atoms with Crippen LogP contribution in [0.2, 0.25) is 0 Å². The van der Waals surface area contributed by atoms with Gasteiger partial charge in [-0.25, -0.2) is 9.97 Å². The molecule has 4 bridgehead atoms. The van der Waals surface area contributed by atoms with E-state index in [0.717, 1.165) is 45.5 Å². The fraction of sp³-hybridized carbons (Fsp3) is 0.579. The minimum absolute atomic E-state index is 0.529. The molecular weight excluding hydrogens is 350 g/mol. The molecule has 0 unspecified atom stereocenters. The van der Waals surface area contributed by atoms with Gasteiger partial charge in [-0.05, 0) is 79.9 Å². The van der Waals surface area contributed by atoms with Gasteiger partial charge in [0.1, 0.15) is 12.1 Å². The van der Waals surface area contributed by atoms with Crippen molar-refractivity contribution in [2.75, 3.05) is 11.9 Å². The lowest BCUT2D eigenvalue weighted by atomic mass is 9.49. The first-order valence-corrected chi connectivity index (χ1v) is 9.63. The van der Waals surface area contributed by atoms with Crippen molar-refractivity contribution in [1.29, 1.82) is 0 Å². The van der Waals surface area contributed by atoms with E-state index in [9.17, 15) is 0 Å². The van der Waals surface area contributed by atoms with Gasteiger partial charge in [0, 0.05) is 16.4 Å². The van der Waals surface area contributed by atoms with Crippen molar-refractivity contribution < 1.29 is 0 Å². The molecule has 1 heterocycles. The number of halogens is 1. The summed E-state index contributed by atoms with van der Waals surface area (Å²) in [6.07, 6.45) is 10.5. The molecule has 0 saturated heterocycles. The Morgan fingerprint density at radius 3 is 2.43 bits per heavy atom. The molecule has 4 heteroatoms. The van der Waals surface area contributed by atoms with Crippen LogP contribution in [0, 0.1) is 23.2 Å². The number of aromatic nitrogens is 2.